The van der Waals surface area contributed by atoms with E-state index < -0.39 is 19.4 Å². The molecule has 0 unspecified atom stereocenters. The van der Waals surface area contributed by atoms with Gasteiger partial charge in [0.1, 0.15) is 11.5 Å². The van der Waals surface area contributed by atoms with E-state index in [4.69, 9.17) is 19.3 Å². The molecule has 0 atom stereocenters. The molecular weight excluding hydrogens is 369 g/mol. The molecule has 0 saturated heterocycles. The molecule has 0 bridgehead atoms. The highest BCUT2D eigenvalue weighted by Gasteiger charge is 2.17. The molecule has 0 radical (unpaired) electrons. The predicted molar refractivity (Wildman–Crippen MR) is 105 cm³/mol. The van der Waals surface area contributed by atoms with E-state index in [9.17, 15) is 9.59 Å². The molecule has 0 aromatic heterocycles. The van der Waals surface area contributed by atoms with Gasteiger partial charge in [-0.15, -0.1) is 0 Å². The summed E-state index contributed by atoms with van der Waals surface area (Å²) in [6, 6.07) is 13.5. The van der Waals surface area contributed by atoms with E-state index in [1.54, 1.807) is 62.2 Å². The van der Waals surface area contributed by atoms with Crippen LogP contribution >= 0.6 is 7.51 Å². The molecular formula is C19H24NO6P. The molecule has 0 fully saturated rings. The summed E-state index contributed by atoms with van der Waals surface area (Å²) in [5.74, 6) is -0.727. The molecule has 2 aromatic carbocycles. The Balaban J connectivity index is 0.00000364. The summed E-state index contributed by atoms with van der Waals surface area (Å²) in [5, 5.41) is 17.6. The zero-order chi connectivity index (χ0) is 19.2. The van der Waals surface area contributed by atoms with Crippen molar-refractivity contribution in [3.63, 3.8) is 0 Å². The Morgan fingerprint density at radius 1 is 0.852 bits per heavy atom. The second kappa shape index (κ2) is 9.78. The van der Waals surface area contributed by atoms with Gasteiger partial charge in [0.2, 0.25) is 0 Å². The van der Waals surface area contributed by atoms with Gasteiger partial charge >= 0.3 is 19.4 Å². The largest absolute Gasteiger partial charge is 0.481 e. The van der Waals surface area contributed by atoms with Gasteiger partial charge in [-0.1, -0.05) is 31.7 Å². The average molecular weight is 393 g/mol. The fourth-order valence-corrected chi connectivity index (χ4v) is 3.40. The molecule has 0 aliphatic carbocycles. The lowest BCUT2D eigenvalue weighted by molar-refractivity contribution is -0.137. The first-order chi connectivity index (χ1) is 12.3. The summed E-state index contributed by atoms with van der Waals surface area (Å²) >= 11 is 0. The first kappa shape index (κ1) is 22.3. The zero-order valence-corrected chi connectivity index (χ0v) is 15.3. The van der Waals surface area contributed by atoms with Gasteiger partial charge in [-0.25, -0.2) is 4.74 Å². The van der Waals surface area contributed by atoms with Gasteiger partial charge in [0, 0.05) is 13.7 Å². The fourth-order valence-electron chi connectivity index (χ4n) is 2.18. The highest BCUT2D eigenvalue weighted by atomic mass is 31.2. The van der Waals surface area contributed by atoms with Crippen molar-refractivity contribution in [2.75, 3.05) is 13.7 Å². The van der Waals surface area contributed by atoms with Crippen molar-refractivity contribution >= 4 is 19.4 Å². The van der Waals surface area contributed by atoms with E-state index in [-0.39, 0.29) is 20.3 Å². The Morgan fingerprint density at radius 2 is 1.19 bits per heavy atom. The maximum Gasteiger partial charge on any atom is 0.310 e. The standard InChI is InChI=1S/C18H20NO6P.CH4/c1-19-26(2,24-15-7-3-13(4-8-15)11-17(20)21)25-16-9-5-14(6-10-16)12-18(22)23;/h3-10H,11-12H2,1-2H3,(H,20,21)(H,22,23);1H4. The summed E-state index contributed by atoms with van der Waals surface area (Å²) in [6.07, 6.45) is -0.103. The highest BCUT2D eigenvalue weighted by Crippen LogP contribution is 2.47. The minimum absolute atomic E-state index is 0. The summed E-state index contributed by atoms with van der Waals surface area (Å²) in [6.45, 7) is 1.75. The normalized spacial score (nSPS) is 10.4. The van der Waals surface area contributed by atoms with Crippen molar-refractivity contribution in [1.82, 2.24) is 0 Å². The Kier molecular flexibility index (Phi) is 8.06. The first-order valence-electron chi connectivity index (χ1n) is 7.78. The lowest BCUT2D eigenvalue weighted by Gasteiger charge is -2.21. The van der Waals surface area contributed by atoms with Gasteiger partial charge in [-0.2, -0.15) is 0 Å². The molecule has 2 N–H and O–H groups in total. The monoisotopic (exact) mass is 393 g/mol. The van der Waals surface area contributed by atoms with Gasteiger partial charge in [-0.3, -0.25) is 9.59 Å². The van der Waals surface area contributed by atoms with E-state index in [2.05, 4.69) is 4.74 Å². The van der Waals surface area contributed by atoms with Crippen molar-refractivity contribution in [2.24, 2.45) is 4.74 Å². The fraction of sp³-hybridized carbons (Fsp3) is 0.263. The molecule has 0 amide bonds. The van der Waals surface area contributed by atoms with Crippen LogP contribution in [-0.2, 0) is 22.4 Å². The molecule has 0 spiro atoms. The minimum atomic E-state index is -2.59. The van der Waals surface area contributed by atoms with Crippen molar-refractivity contribution < 1.29 is 28.8 Å². The second-order valence-electron chi connectivity index (χ2n) is 5.61. The summed E-state index contributed by atoms with van der Waals surface area (Å²) < 4.78 is 16.0. The molecule has 146 valence electrons. The lowest BCUT2D eigenvalue weighted by atomic mass is 10.1. The van der Waals surface area contributed by atoms with Crippen LogP contribution in [0.4, 0.5) is 0 Å². The number of carboxylic acid groups (broad SMARTS) is 2. The molecule has 0 aliphatic heterocycles. The van der Waals surface area contributed by atoms with Crippen LogP contribution in [0.25, 0.3) is 0 Å². The molecule has 7 nitrogen and oxygen atoms in total. The van der Waals surface area contributed by atoms with Crippen molar-refractivity contribution in [3.8, 4) is 11.5 Å². The third-order valence-electron chi connectivity index (χ3n) is 3.47. The van der Waals surface area contributed by atoms with E-state index in [0.717, 1.165) is 0 Å². The SMILES string of the molecule is C.CN=P(C)(Oc1ccc(CC(=O)O)cc1)Oc1ccc(CC(=O)O)cc1. The van der Waals surface area contributed by atoms with Crippen LogP contribution in [0, 0.1) is 0 Å². The Hall–Kier alpha value is -2.79. The number of hydrogen-bond acceptors (Lipinski definition) is 5. The van der Waals surface area contributed by atoms with Gasteiger partial charge < -0.3 is 19.3 Å². The Bertz CT molecular complexity index is 765. The van der Waals surface area contributed by atoms with E-state index in [1.807, 2.05) is 0 Å². The van der Waals surface area contributed by atoms with Gasteiger partial charge in [0.05, 0.1) is 12.8 Å². The second-order valence-corrected chi connectivity index (χ2v) is 7.99. The van der Waals surface area contributed by atoms with Crippen LogP contribution in [-0.4, -0.2) is 35.9 Å². The number of carbonyl (C=O) groups is 2. The van der Waals surface area contributed by atoms with E-state index in [0.29, 0.717) is 22.6 Å². The van der Waals surface area contributed by atoms with E-state index >= 15 is 0 Å². The summed E-state index contributed by atoms with van der Waals surface area (Å²) in [4.78, 5) is 21.4. The van der Waals surface area contributed by atoms with E-state index in [1.165, 1.54) is 0 Å². The van der Waals surface area contributed by atoms with Crippen LogP contribution in [0.1, 0.15) is 18.6 Å². The third kappa shape index (κ3) is 7.15. The van der Waals surface area contributed by atoms with Crippen LogP contribution < -0.4 is 9.05 Å². The number of aliphatic carboxylic acids is 2. The van der Waals surface area contributed by atoms with Gasteiger partial charge in [0.15, 0.2) is 0 Å². The molecule has 2 rings (SSSR count). The predicted octanol–water partition coefficient (Wildman–Crippen LogP) is 4.33. The molecule has 8 heteroatoms. The number of carboxylic acids is 2. The lowest BCUT2D eigenvalue weighted by Crippen LogP contribution is -2.02. The quantitative estimate of drug-likeness (QED) is 0.647. The van der Waals surface area contributed by atoms with Crippen molar-refractivity contribution in [1.29, 1.82) is 0 Å². The van der Waals surface area contributed by atoms with Crippen molar-refractivity contribution in [2.45, 2.75) is 20.3 Å². The summed E-state index contributed by atoms with van der Waals surface area (Å²) in [7, 11) is -0.984. The molecule has 0 aliphatic rings. The number of hydrogen-bond donors (Lipinski definition) is 2. The van der Waals surface area contributed by atoms with Crippen molar-refractivity contribution in [3.05, 3.63) is 59.7 Å². The Morgan fingerprint density at radius 3 is 1.44 bits per heavy atom. The van der Waals surface area contributed by atoms with Crippen LogP contribution in [0.2, 0.25) is 0 Å². The molecule has 27 heavy (non-hydrogen) atoms. The maximum absolute atomic E-state index is 10.7. The summed E-state index contributed by atoms with van der Waals surface area (Å²) in [5.41, 5.74) is 1.35. The highest BCUT2D eigenvalue weighted by molar-refractivity contribution is 7.56. The maximum atomic E-state index is 10.7. The molecule has 0 heterocycles. The number of nitrogens with zero attached hydrogens (tertiary/aromatic N) is 1. The smallest absolute Gasteiger partial charge is 0.310 e. The first-order valence-corrected chi connectivity index (χ1v) is 9.80. The topological polar surface area (TPSA) is 105 Å². The van der Waals surface area contributed by atoms with Crippen LogP contribution in [0.5, 0.6) is 11.5 Å². The number of benzene rings is 2. The molecule has 2 aromatic rings. The average Bonchev–Trinajstić information content (AvgIpc) is 2.57. The molecule has 0 saturated carbocycles. The third-order valence-corrected chi connectivity index (χ3v) is 5.30. The minimum Gasteiger partial charge on any atom is -0.481 e. The Labute approximate surface area is 158 Å². The zero-order valence-electron chi connectivity index (χ0n) is 14.5. The van der Waals surface area contributed by atoms with Gasteiger partial charge in [0.25, 0.3) is 0 Å². The number of rotatable bonds is 8. The van der Waals surface area contributed by atoms with Crippen LogP contribution in [0.3, 0.4) is 0 Å². The van der Waals surface area contributed by atoms with Crippen LogP contribution in [0.15, 0.2) is 53.3 Å². The van der Waals surface area contributed by atoms with Gasteiger partial charge in [-0.05, 0) is 35.4 Å².